The van der Waals surface area contributed by atoms with Crippen molar-refractivity contribution in [3.8, 4) is 24.0 Å². The van der Waals surface area contributed by atoms with Crippen LogP contribution in [0.1, 0.15) is 30.1 Å². The minimum Gasteiger partial charge on any atom is -0.496 e. The Morgan fingerprint density at radius 1 is 1.03 bits per heavy atom. The highest BCUT2D eigenvalue weighted by molar-refractivity contribution is 5.90. The molecule has 2 aliphatic heterocycles. The number of methoxy groups -OCH3 is 1. The number of hydrogen-bond acceptors (Lipinski definition) is 7. The first-order chi connectivity index (χ1) is 15.2. The van der Waals surface area contributed by atoms with E-state index in [1.54, 1.807) is 24.3 Å². The summed E-state index contributed by atoms with van der Waals surface area (Å²) >= 11 is 0. The first-order valence-corrected chi connectivity index (χ1v) is 9.52. The van der Waals surface area contributed by atoms with E-state index in [4.69, 9.17) is 19.6 Å². The smallest absolute Gasteiger partial charge is 0.219 e. The Balaban J connectivity index is 2.06. The summed E-state index contributed by atoms with van der Waals surface area (Å²) in [5, 5.41) is 39.5. The van der Waals surface area contributed by atoms with Gasteiger partial charge in [-0.2, -0.15) is 15.8 Å². The van der Waals surface area contributed by atoms with Crippen LogP contribution in [0.3, 0.4) is 0 Å². The summed E-state index contributed by atoms with van der Waals surface area (Å²) in [7, 11) is 1.42. The van der Waals surface area contributed by atoms with Gasteiger partial charge in [0.05, 0.1) is 31.2 Å². The third-order valence-electron chi connectivity index (χ3n) is 6.21. The second-order valence-electron chi connectivity index (χ2n) is 7.74. The van der Waals surface area contributed by atoms with Gasteiger partial charge < -0.3 is 14.2 Å². The van der Waals surface area contributed by atoms with Gasteiger partial charge >= 0.3 is 0 Å². The molecular formula is C23H16F2N4O3. The van der Waals surface area contributed by atoms with E-state index in [0.717, 1.165) is 12.1 Å². The normalized spacial score (nSPS) is 29.8. The molecule has 0 aromatic heterocycles. The van der Waals surface area contributed by atoms with Crippen LogP contribution in [0.25, 0.3) is 0 Å². The number of ether oxygens (including phenoxy) is 3. The standard InChI is InChI=1S/C23H16F2N4O3/c1-21-18(14-5-3-4-6-17(14)30-2)23(12-28,20(29)32-21)22(10-26,11-27)19(31-21)13-7-8-15(24)16(25)9-13/h3-9,18-19,29H,1-2H3. The number of halogens is 2. The maximum absolute atomic E-state index is 14.0. The zero-order valence-corrected chi connectivity index (χ0v) is 17.0. The number of fused-ring (bicyclic) bond motifs is 2. The quantitative estimate of drug-likeness (QED) is 0.776. The van der Waals surface area contributed by atoms with Gasteiger partial charge in [-0.3, -0.25) is 5.41 Å². The van der Waals surface area contributed by atoms with Crippen LogP contribution in [0.4, 0.5) is 8.78 Å². The fraction of sp³-hybridized carbons (Fsp3) is 0.304. The Kier molecular flexibility index (Phi) is 4.66. The van der Waals surface area contributed by atoms with E-state index in [-0.39, 0.29) is 5.56 Å². The lowest BCUT2D eigenvalue weighted by atomic mass is 9.52. The lowest BCUT2D eigenvalue weighted by Crippen LogP contribution is -2.57. The Labute approximate surface area is 182 Å². The van der Waals surface area contributed by atoms with E-state index in [1.165, 1.54) is 20.1 Å². The molecule has 0 saturated carbocycles. The van der Waals surface area contributed by atoms with Gasteiger partial charge in [-0.05, 0) is 23.8 Å². The molecule has 0 aliphatic carbocycles. The topological polar surface area (TPSA) is 123 Å². The van der Waals surface area contributed by atoms with Crippen molar-refractivity contribution in [2.45, 2.75) is 24.7 Å². The monoisotopic (exact) mass is 434 g/mol. The molecule has 2 aromatic rings. The fourth-order valence-electron chi connectivity index (χ4n) is 4.83. The molecule has 2 bridgehead atoms. The second kappa shape index (κ2) is 7.02. The summed E-state index contributed by atoms with van der Waals surface area (Å²) in [6.07, 6.45) is -1.51. The summed E-state index contributed by atoms with van der Waals surface area (Å²) in [4.78, 5) is 0. The Morgan fingerprint density at radius 3 is 2.31 bits per heavy atom. The average Bonchev–Trinajstić information content (AvgIpc) is 2.98. The molecule has 160 valence electrons. The first kappa shape index (κ1) is 21.2. The molecule has 0 amide bonds. The summed E-state index contributed by atoms with van der Waals surface area (Å²) in [6.45, 7) is 1.48. The molecule has 4 unspecified atom stereocenters. The predicted octanol–water partition coefficient (Wildman–Crippen LogP) is 4.10. The van der Waals surface area contributed by atoms with Crippen molar-refractivity contribution in [3.63, 3.8) is 0 Å². The van der Waals surface area contributed by atoms with Crippen LogP contribution in [0.2, 0.25) is 0 Å². The van der Waals surface area contributed by atoms with Crippen LogP contribution in [0.15, 0.2) is 42.5 Å². The van der Waals surface area contributed by atoms with Gasteiger partial charge in [0.15, 0.2) is 17.0 Å². The molecule has 4 rings (SSSR count). The van der Waals surface area contributed by atoms with E-state index in [0.29, 0.717) is 11.3 Å². The van der Waals surface area contributed by atoms with Crippen LogP contribution >= 0.6 is 0 Å². The maximum Gasteiger partial charge on any atom is 0.219 e. The molecule has 0 radical (unpaired) electrons. The van der Waals surface area contributed by atoms with Crippen LogP contribution in [0, 0.1) is 61.9 Å². The SMILES string of the molecule is COc1ccccc1C1C2(C)OC(=N)C1(C#N)C(C#N)(C#N)C(c1ccc(F)c(F)c1)O2. The second-order valence-corrected chi connectivity index (χ2v) is 7.74. The lowest BCUT2D eigenvalue weighted by molar-refractivity contribution is -0.253. The number of para-hydroxylation sites is 1. The Morgan fingerprint density at radius 2 is 1.72 bits per heavy atom. The molecular weight excluding hydrogens is 418 g/mol. The van der Waals surface area contributed by atoms with Gasteiger partial charge in [-0.1, -0.05) is 24.3 Å². The average molecular weight is 434 g/mol. The number of benzene rings is 2. The fourth-order valence-corrected chi connectivity index (χ4v) is 4.83. The molecule has 9 heteroatoms. The van der Waals surface area contributed by atoms with Crippen molar-refractivity contribution in [1.29, 1.82) is 21.2 Å². The zero-order chi connectivity index (χ0) is 23.3. The molecule has 2 aromatic carbocycles. The van der Waals surface area contributed by atoms with E-state index in [1.807, 2.05) is 18.2 Å². The van der Waals surface area contributed by atoms with Gasteiger partial charge in [0.25, 0.3) is 0 Å². The highest BCUT2D eigenvalue weighted by atomic mass is 19.2. The molecule has 4 atom stereocenters. The minimum atomic E-state index is -2.33. The van der Waals surface area contributed by atoms with Gasteiger partial charge in [0.2, 0.25) is 17.1 Å². The minimum absolute atomic E-state index is 0.0328. The van der Waals surface area contributed by atoms with Gasteiger partial charge in [0.1, 0.15) is 11.9 Å². The van der Waals surface area contributed by atoms with Gasteiger partial charge in [0, 0.05) is 12.5 Å². The van der Waals surface area contributed by atoms with Crippen LogP contribution in [-0.4, -0.2) is 18.8 Å². The third-order valence-corrected chi connectivity index (χ3v) is 6.21. The van der Waals surface area contributed by atoms with E-state index in [2.05, 4.69) is 0 Å². The summed E-state index contributed by atoms with van der Waals surface area (Å²) < 4.78 is 44.8. The summed E-state index contributed by atoms with van der Waals surface area (Å²) in [6, 6.07) is 15.2. The molecule has 2 fully saturated rings. The van der Waals surface area contributed by atoms with Gasteiger partial charge in [-0.25, -0.2) is 8.78 Å². The van der Waals surface area contributed by atoms with Crippen molar-refractivity contribution >= 4 is 5.90 Å². The summed E-state index contributed by atoms with van der Waals surface area (Å²) in [5.41, 5.74) is -4.09. The Bertz CT molecular complexity index is 1250. The van der Waals surface area contributed by atoms with Crippen molar-refractivity contribution in [2.75, 3.05) is 7.11 Å². The largest absolute Gasteiger partial charge is 0.496 e. The number of nitriles is 3. The molecule has 2 saturated heterocycles. The number of rotatable bonds is 3. The van der Waals surface area contributed by atoms with Crippen LogP contribution < -0.4 is 4.74 Å². The van der Waals surface area contributed by atoms with Crippen LogP contribution in [0.5, 0.6) is 5.75 Å². The molecule has 7 nitrogen and oxygen atoms in total. The molecule has 32 heavy (non-hydrogen) atoms. The van der Waals surface area contributed by atoms with E-state index >= 15 is 0 Å². The van der Waals surface area contributed by atoms with Crippen molar-refractivity contribution < 1.29 is 23.0 Å². The maximum atomic E-state index is 14.0. The molecule has 0 spiro atoms. The predicted molar refractivity (Wildman–Crippen MR) is 105 cm³/mol. The highest BCUT2D eigenvalue weighted by Gasteiger charge is 2.80. The lowest BCUT2D eigenvalue weighted by Gasteiger charge is -2.49. The first-order valence-electron chi connectivity index (χ1n) is 9.52. The number of nitrogens with zero attached hydrogens (tertiary/aromatic N) is 3. The van der Waals surface area contributed by atoms with E-state index < -0.39 is 46.2 Å². The van der Waals surface area contributed by atoms with Crippen LogP contribution in [-0.2, 0) is 9.47 Å². The van der Waals surface area contributed by atoms with Crippen molar-refractivity contribution in [2.24, 2.45) is 10.8 Å². The molecule has 1 N–H and O–H groups in total. The number of nitrogens with one attached hydrogen (secondary N) is 1. The Hall–Kier alpha value is -4.00. The summed E-state index contributed by atoms with van der Waals surface area (Å²) in [5.74, 6) is -5.39. The van der Waals surface area contributed by atoms with Crippen molar-refractivity contribution in [1.82, 2.24) is 0 Å². The highest BCUT2D eigenvalue weighted by Crippen LogP contribution is 2.70. The number of hydrogen-bond donors (Lipinski definition) is 1. The molecule has 2 aliphatic rings. The molecule has 2 heterocycles. The van der Waals surface area contributed by atoms with E-state index in [9.17, 15) is 24.6 Å². The van der Waals surface area contributed by atoms with Gasteiger partial charge in [-0.15, -0.1) is 0 Å². The third kappa shape index (κ3) is 2.42. The zero-order valence-electron chi connectivity index (χ0n) is 17.0. The van der Waals surface area contributed by atoms with Crippen molar-refractivity contribution in [3.05, 3.63) is 65.2 Å².